The van der Waals surface area contributed by atoms with E-state index in [4.69, 9.17) is 73.5 Å². The summed E-state index contributed by atoms with van der Waals surface area (Å²) in [6.07, 6.45) is 4.87. The summed E-state index contributed by atoms with van der Waals surface area (Å²) in [6.45, 7) is 15.5. The van der Waals surface area contributed by atoms with Crippen LogP contribution < -0.4 is 36.6 Å². The molecule has 2 heterocycles. The average molecular weight is 1260 g/mol. The highest BCUT2D eigenvalue weighted by molar-refractivity contribution is 6.17. The van der Waals surface area contributed by atoms with Gasteiger partial charge in [-0.3, -0.25) is 10.2 Å². The van der Waals surface area contributed by atoms with Crippen LogP contribution >= 0.6 is 11.6 Å². The van der Waals surface area contributed by atoms with Crippen LogP contribution in [0.2, 0.25) is 0 Å². The Kier molecular flexibility index (Phi) is 35.5. The molecule has 0 bridgehead atoms. The number of anilines is 2. The summed E-state index contributed by atoms with van der Waals surface area (Å²) in [7, 11) is 0. The number of carbonyl (C=O) groups is 5. The van der Waals surface area contributed by atoms with Crippen LogP contribution in [0.3, 0.4) is 0 Å². The first kappa shape index (κ1) is 71.7. The molecule has 6 amide bonds. The topological polar surface area (TPSA) is 289 Å². The number of carbonyl (C=O) groups excluding carboxylic acids is 5. The maximum Gasteiger partial charge on any atom is 0.407 e. The van der Waals surface area contributed by atoms with Gasteiger partial charge in [0.05, 0.1) is 103 Å². The second-order valence-corrected chi connectivity index (χ2v) is 21.0. The van der Waals surface area contributed by atoms with Crippen molar-refractivity contribution in [2.75, 3.05) is 181 Å². The third kappa shape index (κ3) is 30.8. The molecule has 1 aromatic heterocycles. The van der Waals surface area contributed by atoms with Crippen molar-refractivity contribution in [1.29, 1.82) is 0 Å². The number of ether oxygens (including phenoxy) is 12. The first-order valence-electron chi connectivity index (χ1n) is 29.9. The first-order chi connectivity index (χ1) is 42.9. The lowest BCUT2D eigenvalue weighted by Gasteiger charge is -2.26. The standard InChI is InChI=1S/C61H90ClN9O17/c1-61(2,3)54-46-55(68-56(72)67-52-17-18-53(51-16-7-6-15-50(51)52)84-34-25-70-23-32-81-33-24-70)71(69-54)49-14-12-13-48(45-49)47-66-60(76)88-44-42-83-40-38-80-30-21-64-58(74)86-28-11-10-27-85-57(73)63-20-29-79-37-39-82-41-43-87-59(75)65-22-31-78-36-35-77-26-9-5-4-8-19-62/h6-7,10-18,45-46H,4-5,8-9,19-44,47H2,1-3H3,(H,63,73)(H,64,74)(H,65,75)(H,66,76)(H2,67,68,72)/b11-10-. The Balaban J connectivity index is 0.822. The molecule has 27 heteroatoms. The van der Waals surface area contributed by atoms with Crippen molar-refractivity contribution in [3.8, 4) is 11.4 Å². The van der Waals surface area contributed by atoms with Crippen LogP contribution in [0.25, 0.3) is 16.5 Å². The number of rotatable bonds is 43. The maximum atomic E-state index is 13.7. The van der Waals surface area contributed by atoms with Gasteiger partial charge in [0.1, 0.15) is 44.6 Å². The highest BCUT2D eigenvalue weighted by Crippen LogP contribution is 2.32. The summed E-state index contributed by atoms with van der Waals surface area (Å²) in [5, 5.41) is 23.1. The molecule has 1 aliphatic rings. The summed E-state index contributed by atoms with van der Waals surface area (Å²) in [4.78, 5) is 64.2. The zero-order valence-electron chi connectivity index (χ0n) is 51.1. The van der Waals surface area contributed by atoms with E-state index in [0.29, 0.717) is 62.7 Å². The largest absolute Gasteiger partial charge is 0.492 e. The number of fused-ring (bicyclic) bond motifs is 1. The number of alkyl halides is 1. The Hall–Kier alpha value is -7.01. The molecule has 1 aliphatic heterocycles. The molecule has 1 saturated heterocycles. The van der Waals surface area contributed by atoms with Crippen molar-refractivity contribution in [2.24, 2.45) is 0 Å². The molecule has 1 fully saturated rings. The third-order valence-electron chi connectivity index (χ3n) is 12.8. The van der Waals surface area contributed by atoms with Crippen molar-refractivity contribution < 1.29 is 80.8 Å². The predicted octanol–water partition coefficient (Wildman–Crippen LogP) is 7.54. The van der Waals surface area contributed by atoms with E-state index >= 15 is 0 Å². The zero-order chi connectivity index (χ0) is 62.7. The highest BCUT2D eigenvalue weighted by atomic mass is 35.5. The van der Waals surface area contributed by atoms with E-state index < -0.39 is 30.4 Å². The van der Waals surface area contributed by atoms with Crippen LogP contribution in [0.5, 0.6) is 5.75 Å². The SMILES string of the molecule is CC(C)(C)c1cc(NC(=O)Nc2ccc(OCCN3CCOCC3)c3ccccc23)n(-c2cccc(CNC(=O)OCCOCCOCCNC(=O)OC/C=C\COC(=O)NCCOCCOCCOC(=O)NCCOCCOCCCCCCCl)c2)n1. The second kappa shape index (κ2) is 43.6. The molecule has 0 unspecified atom stereocenters. The Morgan fingerprint density at radius 3 is 1.72 bits per heavy atom. The monoisotopic (exact) mass is 1260 g/mol. The van der Waals surface area contributed by atoms with Gasteiger partial charge in [0, 0.05) is 80.6 Å². The summed E-state index contributed by atoms with van der Waals surface area (Å²) < 4.78 is 66.4. The molecule has 0 saturated carbocycles. The lowest BCUT2D eigenvalue weighted by atomic mass is 9.92. The van der Waals surface area contributed by atoms with E-state index in [-0.39, 0.29) is 104 Å². The number of unbranched alkanes of at least 4 members (excludes halogenated alkanes) is 3. The maximum absolute atomic E-state index is 13.7. The normalized spacial score (nSPS) is 12.6. The Morgan fingerprint density at radius 1 is 0.568 bits per heavy atom. The quantitative estimate of drug-likeness (QED) is 0.0108. The fraction of sp³-hybridized carbons (Fsp3) is 0.574. The number of alkyl carbamates (subject to hydrolysis) is 4. The van der Waals surface area contributed by atoms with Gasteiger partial charge in [-0.1, -0.05) is 70.0 Å². The summed E-state index contributed by atoms with van der Waals surface area (Å²) >= 11 is 5.66. The number of nitrogens with zero attached hydrogens (tertiary/aromatic N) is 3. The van der Waals surface area contributed by atoms with E-state index in [1.807, 2.05) is 87.5 Å². The van der Waals surface area contributed by atoms with E-state index in [1.165, 1.54) is 12.2 Å². The van der Waals surface area contributed by atoms with E-state index in [0.717, 1.165) is 86.3 Å². The predicted molar refractivity (Wildman–Crippen MR) is 331 cm³/mol. The molecule has 5 rings (SSSR count). The van der Waals surface area contributed by atoms with E-state index in [9.17, 15) is 24.0 Å². The van der Waals surface area contributed by atoms with Gasteiger partial charge >= 0.3 is 30.4 Å². The minimum Gasteiger partial charge on any atom is -0.492 e. The van der Waals surface area contributed by atoms with Crippen molar-refractivity contribution >= 4 is 64.3 Å². The van der Waals surface area contributed by atoms with Crippen LogP contribution in [0, 0.1) is 0 Å². The molecular formula is C61H90ClN9O17. The second-order valence-electron chi connectivity index (χ2n) is 20.6. The number of morpholine rings is 1. The molecular weight excluding hydrogens is 1170 g/mol. The fourth-order valence-electron chi connectivity index (χ4n) is 8.16. The van der Waals surface area contributed by atoms with E-state index in [2.05, 4.69) is 36.8 Å². The van der Waals surface area contributed by atoms with Crippen molar-refractivity contribution in [3.63, 3.8) is 0 Å². The highest BCUT2D eigenvalue weighted by Gasteiger charge is 2.23. The zero-order valence-corrected chi connectivity index (χ0v) is 51.8. The number of halogens is 1. The number of urea groups is 1. The number of amides is 6. The molecule has 0 atom stereocenters. The van der Waals surface area contributed by atoms with Gasteiger partial charge in [0.15, 0.2) is 0 Å². The molecule has 4 aromatic rings. The minimum absolute atomic E-state index is 0.0140. The molecule has 26 nitrogen and oxygen atoms in total. The molecule has 0 spiro atoms. The van der Waals surface area contributed by atoms with Crippen molar-refractivity contribution in [3.05, 3.63) is 90.1 Å². The summed E-state index contributed by atoms with van der Waals surface area (Å²) in [6, 6.07) is 20.4. The molecule has 88 heavy (non-hydrogen) atoms. The fourth-order valence-corrected chi connectivity index (χ4v) is 8.35. The van der Waals surface area contributed by atoms with Gasteiger partial charge < -0.3 is 83.4 Å². The van der Waals surface area contributed by atoms with Gasteiger partial charge in [0.25, 0.3) is 0 Å². The number of hydrogen-bond donors (Lipinski definition) is 6. The number of hydrogen-bond acceptors (Lipinski definition) is 19. The number of aromatic nitrogens is 2. The minimum atomic E-state index is -0.645. The number of nitrogens with one attached hydrogen (secondary N) is 6. The van der Waals surface area contributed by atoms with Gasteiger partial charge in [0.2, 0.25) is 0 Å². The van der Waals surface area contributed by atoms with Crippen molar-refractivity contribution in [1.82, 2.24) is 35.9 Å². The Morgan fingerprint density at radius 2 is 1.11 bits per heavy atom. The summed E-state index contributed by atoms with van der Waals surface area (Å²) in [5.41, 5.74) is 2.51. The Bertz CT molecular complexity index is 2670. The third-order valence-corrected chi connectivity index (χ3v) is 13.0. The molecule has 6 N–H and O–H groups in total. The molecule has 3 aromatic carbocycles. The summed E-state index contributed by atoms with van der Waals surface area (Å²) in [5.74, 6) is 1.90. The van der Waals surface area contributed by atoms with Crippen LogP contribution in [-0.2, 0) is 64.1 Å². The van der Waals surface area contributed by atoms with Crippen LogP contribution in [-0.4, -0.2) is 216 Å². The smallest absolute Gasteiger partial charge is 0.407 e. The lowest BCUT2D eigenvalue weighted by molar-refractivity contribution is 0.0276. The van der Waals surface area contributed by atoms with Gasteiger partial charge in [-0.15, -0.1) is 11.6 Å². The average Bonchev–Trinajstić information content (AvgIpc) is 3.88. The lowest BCUT2D eigenvalue weighted by Crippen LogP contribution is -2.38. The number of benzene rings is 3. The molecule has 0 radical (unpaired) electrons. The van der Waals surface area contributed by atoms with Gasteiger partial charge in [-0.25, -0.2) is 28.7 Å². The van der Waals surface area contributed by atoms with Crippen LogP contribution in [0.15, 0.2) is 78.9 Å². The van der Waals surface area contributed by atoms with Crippen molar-refractivity contribution in [2.45, 2.75) is 58.4 Å². The first-order valence-corrected chi connectivity index (χ1v) is 30.5. The van der Waals surface area contributed by atoms with Crippen LogP contribution in [0.4, 0.5) is 35.5 Å². The van der Waals surface area contributed by atoms with Gasteiger partial charge in [-0.05, 0) is 54.8 Å². The van der Waals surface area contributed by atoms with Crippen LogP contribution in [0.1, 0.15) is 57.7 Å². The molecule has 488 valence electrons. The van der Waals surface area contributed by atoms with Gasteiger partial charge in [-0.2, -0.15) is 5.10 Å². The Labute approximate surface area is 520 Å². The molecule has 0 aliphatic carbocycles. The van der Waals surface area contributed by atoms with E-state index in [1.54, 1.807) is 4.68 Å².